The minimum atomic E-state index is -0.961. The Morgan fingerprint density at radius 3 is 1.78 bits per heavy atom. The van der Waals surface area contributed by atoms with Gasteiger partial charge in [-0.15, -0.1) is 0 Å². The molecule has 55 valence electrons. The van der Waals surface area contributed by atoms with Gasteiger partial charge in [0.2, 0.25) is 0 Å². The molecule has 0 saturated carbocycles. The van der Waals surface area contributed by atoms with Gasteiger partial charge in [-0.2, -0.15) is 0 Å². The Morgan fingerprint density at radius 2 is 1.78 bits per heavy atom. The van der Waals surface area contributed by atoms with Crippen molar-refractivity contribution < 1.29 is 52.1 Å². The second kappa shape index (κ2) is 15.8. The molecule has 0 fully saturated rings. The maximum absolute atomic E-state index is 9.49. The van der Waals surface area contributed by atoms with Crippen LogP contribution in [0.3, 0.4) is 0 Å². The molecule has 0 aromatic carbocycles. The summed E-state index contributed by atoms with van der Waals surface area (Å²) in [7, 11) is 0. The minimum Gasteiger partial charge on any atom is -1.00 e. The van der Waals surface area contributed by atoms with Gasteiger partial charge in [-0.05, 0) is 6.42 Å². The van der Waals surface area contributed by atoms with Crippen LogP contribution in [0.2, 0.25) is 0 Å². The molecule has 0 heterocycles. The Balaban J connectivity index is -0.0000000417. The van der Waals surface area contributed by atoms with Crippen molar-refractivity contribution in [1.82, 2.24) is 0 Å². The molecule has 0 unspecified atom stereocenters. The van der Waals surface area contributed by atoms with Crippen LogP contribution >= 0.6 is 0 Å². The molecule has 0 N–H and O–H groups in total. The van der Waals surface area contributed by atoms with Crippen LogP contribution in [0, 0.1) is 0 Å². The van der Waals surface area contributed by atoms with E-state index in [9.17, 15) is 9.90 Å². The summed E-state index contributed by atoms with van der Waals surface area (Å²) in [6.45, 7) is 1.80. The largest absolute Gasteiger partial charge is 3.00 e. The molecule has 0 atom stereocenters. The molecule has 0 rings (SSSR count). The van der Waals surface area contributed by atoms with Crippen LogP contribution in [0.4, 0.5) is 0 Å². The van der Waals surface area contributed by atoms with Gasteiger partial charge < -0.3 is 34.7 Å². The first-order chi connectivity index (χ1) is 2.77. The molecule has 9 heavy (non-hydrogen) atoms. The Morgan fingerprint density at radius 1 is 1.44 bits per heavy atom. The number of carbonyl (C=O) groups is 1. The number of rotatable bonds is 2. The molecular formula is C4H7Cl2CrO2. The SMILES string of the molecule is CCCC(=O)[O-].[Cl-].[Cl-].[Cr+3]. The second-order valence-corrected chi connectivity index (χ2v) is 1.12. The van der Waals surface area contributed by atoms with E-state index in [1.54, 1.807) is 6.92 Å². The summed E-state index contributed by atoms with van der Waals surface area (Å²) in [6, 6.07) is 0. The number of hydrogen-bond acceptors (Lipinski definition) is 2. The van der Waals surface area contributed by atoms with Crippen LogP contribution in [-0.4, -0.2) is 5.97 Å². The van der Waals surface area contributed by atoms with Crippen LogP contribution in [0.5, 0.6) is 0 Å². The Bertz CT molecular complexity index is 60.5. The van der Waals surface area contributed by atoms with E-state index in [4.69, 9.17) is 0 Å². The van der Waals surface area contributed by atoms with Gasteiger partial charge in [0, 0.05) is 5.97 Å². The number of carboxylic acids is 1. The van der Waals surface area contributed by atoms with Crippen molar-refractivity contribution in [3.05, 3.63) is 0 Å². The summed E-state index contributed by atoms with van der Waals surface area (Å²) in [4.78, 5) is 9.49. The molecule has 0 amide bonds. The minimum absolute atomic E-state index is 0. The average molecular weight is 210 g/mol. The molecule has 0 bridgehead atoms. The third kappa shape index (κ3) is 29.0. The molecule has 0 aliphatic carbocycles. The predicted molar refractivity (Wildman–Crippen MR) is 19.9 cm³/mol. The molecule has 0 aromatic heterocycles. The summed E-state index contributed by atoms with van der Waals surface area (Å²) in [5.41, 5.74) is 0. The van der Waals surface area contributed by atoms with Crippen molar-refractivity contribution in [2.75, 3.05) is 0 Å². The van der Waals surface area contributed by atoms with Gasteiger partial charge in [-0.1, -0.05) is 13.3 Å². The van der Waals surface area contributed by atoms with Crippen molar-refractivity contribution >= 4 is 5.97 Å². The monoisotopic (exact) mass is 209 g/mol. The summed E-state index contributed by atoms with van der Waals surface area (Å²) in [6.07, 6.45) is 0.850. The molecule has 0 aliphatic rings. The van der Waals surface area contributed by atoms with E-state index in [-0.39, 0.29) is 48.6 Å². The summed E-state index contributed by atoms with van der Waals surface area (Å²) < 4.78 is 0. The van der Waals surface area contributed by atoms with Crippen molar-refractivity contribution in [3.63, 3.8) is 0 Å². The van der Waals surface area contributed by atoms with Crippen LogP contribution in [0.15, 0.2) is 0 Å². The number of carboxylic acid groups (broad SMARTS) is 1. The molecule has 0 aliphatic heterocycles. The summed E-state index contributed by atoms with van der Waals surface area (Å²) >= 11 is 0. The van der Waals surface area contributed by atoms with E-state index in [1.165, 1.54) is 0 Å². The zero-order chi connectivity index (χ0) is 4.99. The smallest absolute Gasteiger partial charge is 1.00 e. The van der Waals surface area contributed by atoms with E-state index < -0.39 is 5.97 Å². The van der Waals surface area contributed by atoms with Gasteiger partial charge in [-0.25, -0.2) is 0 Å². The third-order valence-corrected chi connectivity index (χ3v) is 0.454. The van der Waals surface area contributed by atoms with Crippen molar-refractivity contribution in [2.24, 2.45) is 0 Å². The molecule has 1 radical (unpaired) electrons. The van der Waals surface area contributed by atoms with Gasteiger partial charge in [0.15, 0.2) is 0 Å². The quantitative estimate of drug-likeness (QED) is 0.454. The zero-order valence-corrected chi connectivity index (χ0v) is 7.68. The van der Waals surface area contributed by atoms with Crippen LogP contribution in [-0.2, 0) is 22.2 Å². The molecule has 2 nitrogen and oxygen atoms in total. The second-order valence-electron chi connectivity index (χ2n) is 1.12. The fourth-order valence-corrected chi connectivity index (χ4v) is 0.204. The first kappa shape index (κ1) is 22.6. The Kier molecular flexibility index (Phi) is 39.8. The number of hydrogen-bond donors (Lipinski definition) is 0. The Labute approximate surface area is 78.0 Å². The van der Waals surface area contributed by atoms with Gasteiger partial charge in [-0.3, -0.25) is 0 Å². The third-order valence-electron chi connectivity index (χ3n) is 0.454. The van der Waals surface area contributed by atoms with E-state index in [2.05, 4.69) is 0 Å². The Hall–Kier alpha value is 0.582. The van der Waals surface area contributed by atoms with E-state index in [0.717, 1.165) is 0 Å². The molecule has 0 aromatic rings. The maximum atomic E-state index is 9.49. The van der Waals surface area contributed by atoms with Crippen molar-refractivity contribution in [1.29, 1.82) is 0 Å². The zero-order valence-electron chi connectivity index (χ0n) is 4.89. The van der Waals surface area contributed by atoms with Crippen LogP contribution < -0.4 is 29.9 Å². The topological polar surface area (TPSA) is 40.1 Å². The summed E-state index contributed by atoms with van der Waals surface area (Å²) in [5, 5.41) is 9.49. The van der Waals surface area contributed by atoms with Gasteiger partial charge in [0.05, 0.1) is 0 Å². The summed E-state index contributed by atoms with van der Waals surface area (Å²) in [5.74, 6) is -0.961. The van der Waals surface area contributed by atoms with Crippen molar-refractivity contribution in [2.45, 2.75) is 19.8 Å². The first-order valence-electron chi connectivity index (χ1n) is 1.97. The van der Waals surface area contributed by atoms with Crippen LogP contribution in [0.25, 0.3) is 0 Å². The van der Waals surface area contributed by atoms with Gasteiger partial charge >= 0.3 is 17.4 Å². The van der Waals surface area contributed by atoms with Crippen molar-refractivity contribution in [3.8, 4) is 0 Å². The standard InChI is InChI=1S/C4H8O2.2ClH.Cr/c1-2-3-4(5)6;;;/h2-3H2,1H3,(H,5,6);2*1H;/q;;;+3/p-3. The molecule has 5 heteroatoms. The molecule has 0 saturated heterocycles. The van der Waals surface area contributed by atoms with E-state index in [0.29, 0.717) is 6.42 Å². The normalized spacial score (nSPS) is 5.44. The van der Waals surface area contributed by atoms with Gasteiger partial charge in [0.25, 0.3) is 0 Å². The van der Waals surface area contributed by atoms with Crippen LogP contribution in [0.1, 0.15) is 19.8 Å². The number of halogens is 2. The number of carbonyl (C=O) groups excluding carboxylic acids is 1. The van der Waals surface area contributed by atoms with E-state index in [1.807, 2.05) is 0 Å². The maximum Gasteiger partial charge on any atom is 3.00 e. The first-order valence-corrected chi connectivity index (χ1v) is 1.97. The predicted octanol–water partition coefficient (Wildman–Crippen LogP) is -6.46. The van der Waals surface area contributed by atoms with E-state index >= 15 is 0 Å². The molecule has 0 spiro atoms. The van der Waals surface area contributed by atoms with Gasteiger partial charge in [0.1, 0.15) is 0 Å². The molecular weight excluding hydrogens is 203 g/mol. The number of aliphatic carboxylic acids is 1. The average Bonchev–Trinajstić information content (AvgIpc) is 1.35. The fourth-order valence-electron chi connectivity index (χ4n) is 0.204. The fraction of sp³-hybridized carbons (Fsp3) is 0.750.